The van der Waals surface area contributed by atoms with Crippen molar-refractivity contribution in [3.63, 3.8) is 0 Å². The first-order chi connectivity index (χ1) is 14.9. The van der Waals surface area contributed by atoms with Crippen LogP contribution >= 0.6 is 11.8 Å². The number of amides is 1. The van der Waals surface area contributed by atoms with Crippen molar-refractivity contribution in [3.8, 4) is 0 Å². The number of hydrogen-bond acceptors (Lipinski definition) is 5. The van der Waals surface area contributed by atoms with Crippen LogP contribution in [0.25, 0.3) is 0 Å². The van der Waals surface area contributed by atoms with Gasteiger partial charge in [0.15, 0.2) is 5.17 Å². The number of ether oxygens (including phenoxy) is 1. The van der Waals surface area contributed by atoms with E-state index in [4.69, 9.17) is 9.73 Å². The zero-order valence-corrected chi connectivity index (χ0v) is 20.5. The topological polar surface area (TPSA) is 59.0 Å². The maximum absolute atomic E-state index is 13.2. The van der Waals surface area contributed by atoms with Gasteiger partial charge in [-0.25, -0.2) is 9.79 Å². The maximum atomic E-state index is 13.2. The minimum atomic E-state index is -0.570. The quantitative estimate of drug-likeness (QED) is 0.418. The van der Waals surface area contributed by atoms with E-state index >= 15 is 0 Å². The molecule has 0 N–H and O–H groups in total. The average molecular weight is 451 g/mol. The summed E-state index contributed by atoms with van der Waals surface area (Å²) in [6.07, 6.45) is 1.22. The van der Waals surface area contributed by atoms with Gasteiger partial charge < -0.3 is 4.74 Å². The number of esters is 1. The number of carbonyl (C=O) groups is 2. The van der Waals surface area contributed by atoms with Crippen LogP contribution in [0, 0.1) is 0 Å². The molecule has 0 saturated carbocycles. The summed E-state index contributed by atoms with van der Waals surface area (Å²) in [6.45, 7) is 12.9. The van der Waals surface area contributed by atoms with Gasteiger partial charge in [0.2, 0.25) is 0 Å². The van der Waals surface area contributed by atoms with Crippen molar-refractivity contribution in [3.05, 3.63) is 70.6 Å². The third-order valence-corrected chi connectivity index (χ3v) is 6.17. The Morgan fingerprint density at radius 2 is 1.41 bits per heavy atom. The van der Waals surface area contributed by atoms with Crippen LogP contribution in [0.2, 0.25) is 0 Å². The molecule has 0 bridgehead atoms. The first-order valence-corrected chi connectivity index (χ1v) is 11.3. The predicted molar refractivity (Wildman–Crippen MR) is 133 cm³/mol. The second-order valence-electron chi connectivity index (χ2n) is 9.76. The Balaban J connectivity index is 2.03. The van der Waals surface area contributed by atoms with Crippen LogP contribution in [-0.4, -0.2) is 24.2 Å². The molecule has 2 aromatic rings. The molecule has 1 heterocycles. The maximum Gasteiger partial charge on any atom is 0.331 e. The van der Waals surface area contributed by atoms with Crippen LogP contribution in [0.5, 0.6) is 0 Å². The lowest BCUT2D eigenvalue weighted by atomic mass is 9.87. The van der Waals surface area contributed by atoms with E-state index in [9.17, 15) is 9.59 Å². The number of benzene rings is 2. The van der Waals surface area contributed by atoms with E-state index in [1.54, 1.807) is 4.90 Å². The van der Waals surface area contributed by atoms with E-state index in [0.717, 1.165) is 5.69 Å². The van der Waals surface area contributed by atoms with Gasteiger partial charge in [0, 0.05) is 6.08 Å². The Morgan fingerprint density at radius 3 is 1.88 bits per heavy atom. The number of aliphatic imine (C=N–C) groups is 1. The molecule has 1 fully saturated rings. The molecule has 3 rings (SSSR count). The molecule has 1 aliphatic heterocycles. The second kappa shape index (κ2) is 8.94. The molecule has 1 aliphatic rings. The highest BCUT2D eigenvalue weighted by atomic mass is 32.2. The normalized spacial score (nSPS) is 17.3. The number of amidine groups is 1. The highest BCUT2D eigenvalue weighted by Gasteiger charge is 2.35. The third kappa shape index (κ3) is 5.30. The van der Waals surface area contributed by atoms with Crippen molar-refractivity contribution >= 4 is 40.2 Å². The molecule has 0 spiro atoms. The lowest BCUT2D eigenvalue weighted by Gasteiger charge is -2.21. The molecular weight excluding hydrogens is 420 g/mol. The third-order valence-electron chi connectivity index (χ3n) is 5.21. The smallest absolute Gasteiger partial charge is 0.331 e. The predicted octanol–water partition coefficient (Wildman–Crippen LogP) is 6.11. The minimum Gasteiger partial charge on any atom is -0.466 e. The van der Waals surface area contributed by atoms with Crippen LogP contribution in [-0.2, 0) is 25.2 Å². The van der Waals surface area contributed by atoms with Gasteiger partial charge >= 0.3 is 5.97 Å². The zero-order chi connectivity index (χ0) is 23.7. The number of thioether (sulfide) groups is 1. The fraction of sp³-hybridized carbons (Fsp3) is 0.346. The van der Waals surface area contributed by atoms with Gasteiger partial charge in [0.05, 0.1) is 23.4 Å². The Bertz CT molecular complexity index is 1070. The number of anilines is 1. The van der Waals surface area contributed by atoms with Crippen molar-refractivity contribution in [2.75, 3.05) is 12.0 Å². The van der Waals surface area contributed by atoms with Crippen molar-refractivity contribution in [2.24, 2.45) is 4.99 Å². The second-order valence-corrected chi connectivity index (χ2v) is 10.8. The first-order valence-electron chi connectivity index (χ1n) is 10.5. The first kappa shape index (κ1) is 23.8. The number of hydrogen-bond donors (Lipinski definition) is 0. The summed E-state index contributed by atoms with van der Waals surface area (Å²) in [5, 5.41) is 0.497. The molecule has 0 radical (unpaired) electrons. The van der Waals surface area contributed by atoms with Gasteiger partial charge in [0.25, 0.3) is 5.91 Å². The van der Waals surface area contributed by atoms with Gasteiger partial charge in [-0.2, -0.15) is 0 Å². The van der Waals surface area contributed by atoms with Crippen LogP contribution in [0.4, 0.5) is 11.4 Å². The minimum absolute atomic E-state index is 0.00393. The molecule has 2 aromatic carbocycles. The molecule has 1 saturated heterocycles. The molecular formula is C26H30N2O3S. The summed E-state index contributed by atoms with van der Waals surface area (Å²) in [7, 11) is 1.29. The molecule has 5 nitrogen and oxygen atoms in total. The SMILES string of the molecule is COC(=O)C=C1SC(=Nc2ccc(C(C)(C)C)cc2)N(c2ccc(C(C)(C)C)cc2)C1=O. The van der Waals surface area contributed by atoms with Gasteiger partial charge in [-0.3, -0.25) is 9.69 Å². The number of carbonyl (C=O) groups excluding carboxylic acids is 2. The number of methoxy groups -OCH3 is 1. The van der Waals surface area contributed by atoms with E-state index in [1.165, 1.54) is 36.1 Å². The molecule has 0 unspecified atom stereocenters. The van der Waals surface area contributed by atoms with Crippen molar-refractivity contribution < 1.29 is 14.3 Å². The summed E-state index contributed by atoms with van der Waals surface area (Å²) in [5.74, 6) is -0.867. The van der Waals surface area contributed by atoms with Gasteiger partial charge in [-0.15, -0.1) is 0 Å². The largest absolute Gasteiger partial charge is 0.466 e. The highest BCUT2D eigenvalue weighted by molar-refractivity contribution is 8.19. The van der Waals surface area contributed by atoms with Gasteiger partial charge in [0.1, 0.15) is 0 Å². The fourth-order valence-corrected chi connectivity index (χ4v) is 4.16. The molecule has 0 atom stereocenters. The van der Waals surface area contributed by atoms with Crippen LogP contribution in [0.15, 0.2) is 64.5 Å². The fourth-order valence-electron chi connectivity index (χ4n) is 3.20. The van der Waals surface area contributed by atoms with Crippen LogP contribution in [0.3, 0.4) is 0 Å². The Hall–Kier alpha value is -2.86. The van der Waals surface area contributed by atoms with Crippen molar-refractivity contribution in [1.82, 2.24) is 0 Å². The standard InChI is InChI=1S/C26H30N2O3S/c1-25(2,3)17-8-12-19(13-9-17)27-24-28(23(30)21(32-24)16-22(29)31-7)20-14-10-18(11-15-20)26(4,5)6/h8-16H,1-7H3. The van der Waals surface area contributed by atoms with Gasteiger partial charge in [-0.05, 0) is 58.0 Å². The number of rotatable bonds is 3. The summed E-state index contributed by atoms with van der Waals surface area (Å²) >= 11 is 1.17. The zero-order valence-electron chi connectivity index (χ0n) is 19.7. The van der Waals surface area contributed by atoms with Crippen molar-refractivity contribution in [2.45, 2.75) is 52.4 Å². The van der Waals surface area contributed by atoms with Crippen LogP contribution < -0.4 is 4.90 Å². The monoisotopic (exact) mass is 450 g/mol. The summed E-state index contributed by atoms with van der Waals surface area (Å²) in [5.41, 5.74) is 3.86. The Morgan fingerprint density at radius 1 is 0.906 bits per heavy atom. The lowest BCUT2D eigenvalue weighted by Crippen LogP contribution is -2.29. The van der Waals surface area contributed by atoms with E-state index < -0.39 is 5.97 Å². The number of nitrogens with zero attached hydrogens (tertiary/aromatic N) is 2. The van der Waals surface area contributed by atoms with E-state index in [1.807, 2.05) is 36.4 Å². The molecule has 0 aliphatic carbocycles. The van der Waals surface area contributed by atoms with E-state index in [-0.39, 0.29) is 21.6 Å². The van der Waals surface area contributed by atoms with Crippen LogP contribution in [0.1, 0.15) is 52.7 Å². The molecule has 32 heavy (non-hydrogen) atoms. The Kier molecular flexibility index (Phi) is 6.65. The van der Waals surface area contributed by atoms with Gasteiger partial charge in [-0.1, -0.05) is 65.8 Å². The van der Waals surface area contributed by atoms with E-state index in [2.05, 4.69) is 53.7 Å². The molecule has 168 valence electrons. The summed E-state index contributed by atoms with van der Waals surface area (Å²) in [4.78, 5) is 31.5. The Labute approximate surface area is 194 Å². The summed E-state index contributed by atoms with van der Waals surface area (Å²) < 4.78 is 4.71. The molecule has 1 amide bonds. The lowest BCUT2D eigenvalue weighted by molar-refractivity contribution is -0.135. The molecule has 6 heteroatoms. The summed E-state index contributed by atoms with van der Waals surface area (Å²) in [6, 6.07) is 15.9. The highest BCUT2D eigenvalue weighted by Crippen LogP contribution is 2.37. The van der Waals surface area contributed by atoms with Crippen molar-refractivity contribution in [1.29, 1.82) is 0 Å². The molecule has 0 aromatic heterocycles. The van der Waals surface area contributed by atoms with E-state index in [0.29, 0.717) is 10.9 Å². The average Bonchev–Trinajstić information content (AvgIpc) is 3.01.